The largest absolute Gasteiger partial charge is 0.348 e. The van der Waals surface area contributed by atoms with Crippen molar-refractivity contribution in [3.8, 4) is 0 Å². The Morgan fingerprint density at radius 1 is 0.909 bits per heavy atom. The Kier molecular flexibility index (Phi) is 8.15. The number of likely N-dealkylation sites (tertiary alicyclic amines) is 1. The van der Waals surface area contributed by atoms with E-state index in [0.29, 0.717) is 27.7 Å². The minimum Gasteiger partial charge on any atom is -0.348 e. The van der Waals surface area contributed by atoms with Crippen LogP contribution in [0.15, 0.2) is 60.0 Å². The van der Waals surface area contributed by atoms with E-state index < -0.39 is 0 Å². The van der Waals surface area contributed by atoms with Crippen molar-refractivity contribution >= 4 is 40.4 Å². The molecule has 172 valence electrons. The number of thiophene rings is 1. The van der Waals surface area contributed by atoms with Gasteiger partial charge in [-0.25, -0.2) is 0 Å². The summed E-state index contributed by atoms with van der Waals surface area (Å²) in [4.78, 5) is 28.2. The second-order valence-electron chi connectivity index (χ2n) is 8.32. The fourth-order valence-electron chi connectivity index (χ4n) is 4.03. The highest BCUT2D eigenvalue weighted by Crippen LogP contribution is 2.24. The second kappa shape index (κ2) is 11.5. The third-order valence-electron chi connectivity index (χ3n) is 5.77. The molecule has 2 aromatic carbocycles. The van der Waals surface area contributed by atoms with Crippen LogP contribution in [0.25, 0.3) is 0 Å². The van der Waals surface area contributed by atoms with Gasteiger partial charge >= 0.3 is 0 Å². The monoisotopic (exact) mass is 481 g/mol. The van der Waals surface area contributed by atoms with Crippen LogP contribution in [0.2, 0.25) is 5.02 Å². The normalized spacial score (nSPS) is 14.5. The third-order valence-corrected chi connectivity index (χ3v) is 6.97. The van der Waals surface area contributed by atoms with Gasteiger partial charge in [0.25, 0.3) is 11.8 Å². The molecular weight excluding hydrogens is 454 g/mol. The summed E-state index contributed by atoms with van der Waals surface area (Å²) in [5.41, 5.74) is 3.20. The van der Waals surface area contributed by atoms with Crippen molar-refractivity contribution in [2.45, 2.75) is 38.8 Å². The first-order valence-corrected chi connectivity index (χ1v) is 12.6. The van der Waals surface area contributed by atoms with Crippen LogP contribution in [0, 0.1) is 0 Å². The summed E-state index contributed by atoms with van der Waals surface area (Å²) in [7, 11) is 0. The summed E-state index contributed by atoms with van der Waals surface area (Å²) in [5, 5.41) is 7.99. The average molecular weight is 482 g/mol. The van der Waals surface area contributed by atoms with Crippen molar-refractivity contribution in [3.05, 3.63) is 86.6 Å². The van der Waals surface area contributed by atoms with E-state index >= 15 is 0 Å². The molecule has 5 nitrogen and oxygen atoms in total. The molecule has 1 aliphatic heterocycles. The maximum atomic E-state index is 12.8. The Hall–Kier alpha value is -2.67. The number of carbonyl (C=O) groups excluding carboxylic acids is 2. The van der Waals surface area contributed by atoms with Crippen molar-refractivity contribution in [2.24, 2.45) is 0 Å². The van der Waals surface area contributed by atoms with Gasteiger partial charge in [0.05, 0.1) is 15.6 Å². The van der Waals surface area contributed by atoms with Crippen LogP contribution >= 0.6 is 22.9 Å². The molecule has 0 unspecified atom stereocenters. The van der Waals surface area contributed by atoms with Crippen LogP contribution in [0.5, 0.6) is 0 Å². The predicted octanol–water partition coefficient (Wildman–Crippen LogP) is 5.96. The van der Waals surface area contributed by atoms with Gasteiger partial charge in [-0.3, -0.25) is 14.5 Å². The van der Waals surface area contributed by atoms with E-state index in [1.54, 1.807) is 24.3 Å². The molecule has 1 saturated heterocycles. The van der Waals surface area contributed by atoms with Gasteiger partial charge in [0.2, 0.25) is 0 Å². The van der Waals surface area contributed by atoms with E-state index in [2.05, 4.69) is 33.7 Å². The fourth-order valence-corrected chi connectivity index (χ4v) is 4.81. The van der Waals surface area contributed by atoms with Gasteiger partial charge in [0, 0.05) is 18.7 Å². The molecule has 33 heavy (non-hydrogen) atoms. The molecule has 3 aromatic rings. The van der Waals surface area contributed by atoms with Gasteiger partial charge in [0.15, 0.2) is 0 Å². The fraction of sp³-hybridized carbons (Fsp3) is 0.308. The zero-order valence-electron chi connectivity index (χ0n) is 18.5. The van der Waals surface area contributed by atoms with E-state index in [-0.39, 0.29) is 11.8 Å². The smallest absolute Gasteiger partial charge is 0.265 e. The van der Waals surface area contributed by atoms with Gasteiger partial charge in [-0.1, -0.05) is 54.8 Å². The van der Waals surface area contributed by atoms with Gasteiger partial charge < -0.3 is 10.6 Å². The standard InChI is InChI=1S/C26H28ClN3O2S/c27-22-11-10-21(16-23(22)29-26(32)24-9-6-14-33-24)25(31)28-17-19-7-5-8-20(15-19)18-30-12-3-1-2-4-13-30/h5-11,14-16H,1-4,12-13,17-18H2,(H,28,31)(H,29,32). The highest BCUT2D eigenvalue weighted by atomic mass is 35.5. The summed E-state index contributed by atoms with van der Waals surface area (Å²) >= 11 is 7.59. The van der Waals surface area contributed by atoms with Crippen molar-refractivity contribution in [1.82, 2.24) is 10.2 Å². The highest BCUT2D eigenvalue weighted by Gasteiger charge is 2.14. The Bertz CT molecular complexity index is 1090. The lowest BCUT2D eigenvalue weighted by molar-refractivity contribution is 0.0949. The van der Waals surface area contributed by atoms with E-state index in [9.17, 15) is 9.59 Å². The Labute approximate surface area is 203 Å². The summed E-state index contributed by atoms with van der Waals surface area (Å²) in [6.45, 7) is 3.70. The Morgan fingerprint density at radius 3 is 2.45 bits per heavy atom. The van der Waals surface area contributed by atoms with E-state index in [0.717, 1.165) is 25.2 Å². The maximum Gasteiger partial charge on any atom is 0.265 e. The van der Waals surface area contributed by atoms with Gasteiger partial charge in [0.1, 0.15) is 0 Å². The van der Waals surface area contributed by atoms with Crippen molar-refractivity contribution < 1.29 is 9.59 Å². The third kappa shape index (κ3) is 6.67. The van der Waals surface area contributed by atoms with E-state index in [4.69, 9.17) is 11.6 Å². The number of nitrogens with zero attached hydrogens (tertiary/aromatic N) is 1. The molecule has 0 aliphatic carbocycles. The van der Waals surface area contributed by atoms with Crippen LogP contribution < -0.4 is 10.6 Å². The molecule has 2 N–H and O–H groups in total. The van der Waals surface area contributed by atoms with Crippen LogP contribution in [0.1, 0.15) is 56.8 Å². The van der Waals surface area contributed by atoms with Crippen molar-refractivity contribution in [2.75, 3.05) is 18.4 Å². The first-order chi connectivity index (χ1) is 16.1. The number of anilines is 1. The first-order valence-electron chi connectivity index (χ1n) is 11.3. The maximum absolute atomic E-state index is 12.8. The lowest BCUT2D eigenvalue weighted by atomic mass is 10.1. The lowest BCUT2D eigenvalue weighted by Gasteiger charge is -2.20. The number of hydrogen-bond acceptors (Lipinski definition) is 4. The van der Waals surface area contributed by atoms with Gasteiger partial charge in [-0.2, -0.15) is 0 Å². The van der Waals surface area contributed by atoms with Crippen LogP contribution in [0.3, 0.4) is 0 Å². The SMILES string of the molecule is O=C(NCc1cccc(CN2CCCCCC2)c1)c1ccc(Cl)c(NC(=O)c2cccs2)c1. The Morgan fingerprint density at radius 2 is 1.70 bits per heavy atom. The molecule has 1 fully saturated rings. The number of halogens is 1. The number of carbonyl (C=O) groups is 2. The molecule has 0 saturated carbocycles. The van der Waals surface area contributed by atoms with Gasteiger partial charge in [-0.15, -0.1) is 11.3 Å². The number of hydrogen-bond donors (Lipinski definition) is 2. The zero-order chi connectivity index (χ0) is 23.0. The van der Waals surface area contributed by atoms with Crippen LogP contribution in [-0.4, -0.2) is 29.8 Å². The molecule has 4 rings (SSSR count). The quantitative estimate of drug-likeness (QED) is 0.437. The number of nitrogens with one attached hydrogen (secondary N) is 2. The zero-order valence-corrected chi connectivity index (χ0v) is 20.1. The minimum absolute atomic E-state index is 0.212. The number of amides is 2. The summed E-state index contributed by atoms with van der Waals surface area (Å²) in [5.74, 6) is -0.457. The molecular formula is C26H28ClN3O2S. The summed E-state index contributed by atoms with van der Waals surface area (Å²) in [6, 6.07) is 16.8. The van der Waals surface area contributed by atoms with E-state index in [1.165, 1.54) is 42.6 Å². The average Bonchev–Trinajstić information content (AvgIpc) is 3.25. The molecule has 0 spiro atoms. The molecule has 2 heterocycles. The molecule has 2 amide bonds. The van der Waals surface area contributed by atoms with Crippen molar-refractivity contribution in [1.29, 1.82) is 0 Å². The second-order valence-corrected chi connectivity index (χ2v) is 9.67. The van der Waals surface area contributed by atoms with Gasteiger partial charge in [-0.05, 0) is 66.7 Å². The van der Waals surface area contributed by atoms with Crippen molar-refractivity contribution in [3.63, 3.8) is 0 Å². The molecule has 1 aliphatic rings. The molecule has 7 heteroatoms. The molecule has 1 aromatic heterocycles. The summed E-state index contributed by atoms with van der Waals surface area (Å²) in [6.07, 6.45) is 5.19. The highest BCUT2D eigenvalue weighted by molar-refractivity contribution is 7.12. The minimum atomic E-state index is -0.245. The molecule has 0 atom stereocenters. The number of benzene rings is 2. The molecule has 0 bridgehead atoms. The van der Waals surface area contributed by atoms with Crippen LogP contribution in [-0.2, 0) is 13.1 Å². The first kappa shape index (κ1) is 23.5. The van der Waals surface area contributed by atoms with E-state index in [1.807, 2.05) is 17.5 Å². The van der Waals surface area contributed by atoms with Crippen LogP contribution in [0.4, 0.5) is 5.69 Å². The predicted molar refractivity (Wildman–Crippen MR) is 135 cm³/mol. The molecule has 0 radical (unpaired) electrons. The lowest BCUT2D eigenvalue weighted by Crippen LogP contribution is -2.25. The topological polar surface area (TPSA) is 61.4 Å². The summed E-state index contributed by atoms with van der Waals surface area (Å²) < 4.78 is 0. The Balaban J connectivity index is 1.36. The number of rotatable bonds is 7.